The quantitative estimate of drug-likeness (QED) is 0.163. The van der Waals surface area contributed by atoms with Crippen LogP contribution in [0.2, 0.25) is 0 Å². The molecule has 0 radical (unpaired) electrons. The fourth-order valence-electron chi connectivity index (χ4n) is 9.75. The maximum Gasteiger partial charge on any atom is 0.160 e. The summed E-state index contributed by atoms with van der Waals surface area (Å²) in [7, 11) is 0. The number of aromatic nitrogens is 2. The van der Waals surface area contributed by atoms with Crippen LogP contribution < -0.4 is 0 Å². The minimum atomic E-state index is -0.302. The molecule has 3 heteroatoms. The second kappa shape index (κ2) is 13.2. The molecule has 0 spiro atoms. The van der Waals surface area contributed by atoms with Gasteiger partial charge >= 0.3 is 0 Å². The van der Waals surface area contributed by atoms with Gasteiger partial charge in [-0.3, -0.25) is 0 Å². The lowest BCUT2D eigenvalue weighted by molar-refractivity contribution is 0.714. The van der Waals surface area contributed by atoms with Crippen molar-refractivity contribution in [1.29, 1.82) is 0 Å². The molecule has 2 aromatic heterocycles. The van der Waals surface area contributed by atoms with Crippen LogP contribution in [0.4, 0.5) is 0 Å². The molecule has 2 nitrogen and oxygen atoms in total. The van der Waals surface area contributed by atoms with E-state index in [1.54, 1.807) is 0 Å². The standard InChI is InChI=1S/C56H36N2S/c1-56(39-20-6-3-7-21-39)47-27-11-10-23-44(47)52-45(25-14-28-48(52)56)50-34-49(57-55(58-50)36-16-4-2-5-17-36)38-19-12-18-37(33-38)41-24-13-26-46-53-43-30-29-35-15-8-9-22-40(35)42(43)31-32-51(53)59-54(41)46/h2-34H,1H3. The third kappa shape index (κ3) is 5.18. The first kappa shape index (κ1) is 33.9. The first-order chi connectivity index (χ1) is 29.1. The molecule has 11 aromatic rings. The molecular weight excluding hydrogens is 733 g/mol. The lowest BCUT2D eigenvalue weighted by Crippen LogP contribution is -2.22. The Morgan fingerprint density at radius 2 is 1.07 bits per heavy atom. The number of hydrogen-bond donors (Lipinski definition) is 0. The van der Waals surface area contributed by atoms with E-state index in [0.29, 0.717) is 5.82 Å². The zero-order valence-corrected chi connectivity index (χ0v) is 33.2. The molecule has 0 amide bonds. The Bertz CT molecular complexity index is 3460. The highest BCUT2D eigenvalue weighted by molar-refractivity contribution is 7.26. The Balaban J connectivity index is 1.04. The van der Waals surface area contributed by atoms with Gasteiger partial charge in [0.05, 0.1) is 11.4 Å². The molecule has 0 N–H and O–H groups in total. The number of thiophene rings is 1. The molecule has 0 saturated carbocycles. The van der Waals surface area contributed by atoms with Gasteiger partial charge in [-0.15, -0.1) is 11.3 Å². The summed E-state index contributed by atoms with van der Waals surface area (Å²) in [6, 6.07) is 72.6. The molecule has 1 atom stereocenters. The van der Waals surface area contributed by atoms with Gasteiger partial charge in [0.1, 0.15) is 0 Å². The first-order valence-electron chi connectivity index (χ1n) is 20.2. The van der Waals surface area contributed by atoms with Gasteiger partial charge in [-0.2, -0.15) is 0 Å². The van der Waals surface area contributed by atoms with Crippen molar-refractivity contribution < 1.29 is 0 Å². The molecule has 9 aromatic carbocycles. The van der Waals surface area contributed by atoms with E-state index in [1.165, 1.54) is 80.7 Å². The SMILES string of the molecule is CC1(c2ccccc2)c2ccccc2-c2c(-c3cc(-c4cccc(-c5cccc6c5sc5ccc7c8ccccc8ccc7c56)c4)nc(-c4ccccc4)n3)cccc21. The van der Waals surface area contributed by atoms with Crippen LogP contribution in [0, 0.1) is 0 Å². The van der Waals surface area contributed by atoms with Crippen molar-refractivity contribution >= 4 is 53.1 Å². The van der Waals surface area contributed by atoms with Gasteiger partial charge in [0, 0.05) is 42.3 Å². The lowest BCUT2D eigenvalue weighted by Gasteiger charge is -2.28. The predicted molar refractivity (Wildman–Crippen MR) is 249 cm³/mol. The van der Waals surface area contributed by atoms with E-state index in [1.807, 2.05) is 17.4 Å². The molecule has 1 aliphatic rings. The van der Waals surface area contributed by atoms with Crippen molar-refractivity contribution in [3.05, 3.63) is 217 Å². The van der Waals surface area contributed by atoms with E-state index in [-0.39, 0.29) is 5.41 Å². The fourth-order valence-corrected chi connectivity index (χ4v) is 11.0. The summed E-state index contributed by atoms with van der Waals surface area (Å²) >= 11 is 1.88. The highest BCUT2D eigenvalue weighted by Gasteiger charge is 2.41. The topological polar surface area (TPSA) is 25.8 Å². The van der Waals surface area contributed by atoms with Crippen LogP contribution in [0.1, 0.15) is 23.6 Å². The Hall–Kier alpha value is -7.20. The first-order valence-corrected chi connectivity index (χ1v) is 21.1. The van der Waals surface area contributed by atoms with Crippen molar-refractivity contribution in [2.45, 2.75) is 12.3 Å². The van der Waals surface area contributed by atoms with Crippen LogP contribution in [0.5, 0.6) is 0 Å². The largest absolute Gasteiger partial charge is 0.228 e. The van der Waals surface area contributed by atoms with Crippen molar-refractivity contribution in [3.8, 4) is 56.2 Å². The van der Waals surface area contributed by atoms with Crippen LogP contribution in [0.15, 0.2) is 200 Å². The Morgan fingerprint density at radius 3 is 1.97 bits per heavy atom. The van der Waals surface area contributed by atoms with Crippen LogP contribution in [-0.4, -0.2) is 9.97 Å². The number of fused-ring (bicyclic) bond motifs is 10. The number of rotatable bonds is 5. The highest BCUT2D eigenvalue weighted by Crippen LogP contribution is 2.55. The fraction of sp³-hybridized carbons (Fsp3) is 0.0357. The Morgan fingerprint density at radius 1 is 0.424 bits per heavy atom. The average molecular weight is 769 g/mol. The summed E-state index contributed by atoms with van der Waals surface area (Å²) in [5.41, 5.74) is 13.5. The molecule has 0 fully saturated rings. The molecule has 276 valence electrons. The van der Waals surface area contributed by atoms with Gasteiger partial charge in [0.15, 0.2) is 5.82 Å². The summed E-state index contributed by atoms with van der Waals surface area (Å²) in [6.07, 6.45) is 0. The van der Waals surface area contributed by atoms with E-state index in [4.69, 9.17) is 9.97 Å². The number of hydrogen-bond acceptors (Lipinski definition) is 3. The minimum absolute atomic E-state index is 0.302. The van der Waals surface area contributed by atoms with Crippen LogP contribution in [0.25, 0.3) is 97.9 Å². The third-order valence-corrected chi connectivity index (χ3v) is 13.8. The molecule has 0 saturated heterocycles. The van der Waals surface area contributed by atoms with Crippen molar-refractivity contribution in [2.75, 3.05) is 0 Å². The van der Waals surface area contributed by atoms with E-state index in [0.717, 1.165) is 28.1 Å². The summed E-state index contributed by atoms with van der Waals surface area (Å²) < 4.78 is 2.60. The van der Waals surface area contributed by atoms with Gasteiger partial charge in [-0.25, -0.2) is 9.97 Å². The third-order valence-electron chi connectivity index (χ3n) is 12.6. The van der Waals surface area contributed by atoms with Crippen molar-refractivity contribution in [2.24, 2.45) is 0 Å². The summed E-state index contributed by atoms with van der Waals surface area (Å²) in [5.74, 6) is 0.712. The summed E-state index contributed by atoms with van der Waals surface area (Å²) in [6.45, 7) is 2.37. The van der Waals surface area contributed by atoms with Crippen LogP contribution >= 0.6 is 11.3 Å². The number of benzene rings is 9. The Labute approximate surface area is 346 Å². The average Bonchev–Trinajstić information content (AvgIpc) is 3.83. The van der Waals surface area contributed by atoms with E-state index in [9.17, 15) is 0 Å². The second-order valence-electron chi connectivity index (χ2n) is 15.8. The Kier molecular flexibility index (Phi) is 7.57. The smallest absolute Gasteiger partial charge is 0.160 e. The van der Waals surface area contributed by atoms with Gasteiger partial charge < -0.3 is 0 Å². The second-order valence-corrected chi connectivity index (χ2v) is 16.8. The molecule has 1 aliphatic carbocycles. The van der Waals surface area contributed by atoms with Gasteiger partial charge in [0.25, 0.3) is 0 Å². The minimum Gasteiger partial charge on any atom is -0.228 e. The molecule has 59 heavy (non-hydrogen) atoms. The molecule has 0 aliphatic heterocycles. The monoisotopic (exact) mass is 768 g/mol. The summed E-state index contributed by atoms with van der Waals surface area (Å²) in [5, 5.41) is 7.80. The van der Waals surface area contributed by atoms with E-state index >= 15 is 0 Å². The van der Waals surface area contributed by atoms with E-state index < -0.39 is 0 Å². The summed E-state index contributed by atoms with van der Waals surface area (Å²) in [4.78, 5) is 10.6. The van der Waals surface area contributed by atoms with E-state index in [2.05, 4.69) is 201 Å². The molecular formula is C56H36N2S. The van der Waals surface area contributed by atoms with Crippen LogP contribution in [-0.2, 0) is 5.41 Å². The highest BCUT2D eigenvalue weighted by atomic mass is 32.1. The predicted octanol–water partition coefficient (Wildman–Crippen LogP) is 15.2. The van der Waals surface area contributed by atoms with Gasteiger partial charge in [-0.05, 0) is 85.6 Å². The van der Waals surface area contributed by atoms with Gasteiger partial charge in [-0.1, -0.05) is 182 Å². The molecule has 1 unspecified atom stereocenters. The zero-order valence-electron chi connectivity index (χ0n) is 32.4. The maximum absolute atomic E-state index is 5.35. The lowest BCUT2D eigenvalue weighted by atomic mass is 9.74. The number of nitrogens with zero attached hydrogens (tertiary/aromatic N) is 2. The van der Waals surface area contributed by atoms with Gasteiger partial charge in [0.2, 0.25) is 0 Å². The normalized spacial score (nSPS) is 14.6. The maximum atomic E-state index is 5.35. The van der Waals surface area contributed by atoms with Crippen LogP contribution in [0.3, 0.4) is 0 Å². The molecule has 2 heterocycles. The van der Waals surface area contributed by atoms with Crippen molar-refractivity contribution in [1.82, 2.24) is 9.97 Å². The molecule has 12 rings (SSSR count). The zero-order chi connectivity index (χ0) is 39.1. The van der Waals surface area contributed by atoms with Crippen molar-refractivity contribution in [3.63, 3.8) is 0 Å². The molecule has 0 bridgehead atoms.